The van der Waals surface area contributed by atoms with Crippen LogP contribution in [0.25, 0.3) is 0 Å². The van der Waals surface area contributed by atoms with Crippen LogP contribution in [-0.2, 0) is 0 Å². The lowest BCUT2D eigenvalue weighted by atomic mass is 9.54. The van der Waals surface area contributed by atoms with E-state index in [1.165, 1.54) is 25.7 Å². The highest BCUT2D eigenvalue weighted by molar-refractivity contribution is 5.03. The molecule has 0 aromatic heterocycles. The highest BCUT2D eigenvalue weighted by atomic mass is 16.3. The largest absolute Gasteiger partial charge is 0.389 e. The van der Waals surface area contributed by atoms with E-state index >= 15 is 0 Å². The van der Waals surface area contributed by atoms with Gasteiger partial charge in [-0.1, -0.05) is 33.6 Å². The number of rotatable bonds is 1. The lowest BCUT2D eigenvalue weighted by Gasteiger charge is -2.55. The summed E-state index contributed by atoms with van der Waals surface area (Å²) in [5.74, 6) is 2.69. The zero-order valence-corrected chi connectivity index (χ0v) is 9.79. The second-order valence-corrected chi connectivity index (χ2v) is 5.93. The van der Waals surface area contributed by atoms with Crippen molar-refractivity contribution in [2.45, 2.75) is 58.5 Å². The van der Waals surface area contributed by atoms with Crippen molar-refractivity contribution in [1.29, 1.82) is 0 Å². The van der Waals surface area contributed by atoms with Gasteiger partial charge in [0.25, 0.3) is 0 Å². The fourth-order valence-electron chi connectivity index (χ4n) is 3.64. The first-order valence-corrected chi connectivity index (χ1v) is 6.26. The third kappa shape index (κ3) is 1.50. The van der Waals surface area contributed by atoms with Gasteiger partial charge in [0.1, 0.15) is 0 Å². The third-order valence-corrected chi connectivity index (χ3v) is 4.93. The Kier molecular flexibility index (Phi) is 2.63. The Morgan fingerprint density at radius 3 is 2.36 bits per heavy atom. The van der Waals surface area contributed by atoms with Gasteiger partial charge in [-0.25, -0.2) is 0 Å². The summed E-state index contributed by atoms with van der Waals surface area (Å²) in [5, 5.41) is 10.6. The van der Waals surface area contributed by atoms with Crippen LogP contribution in [0.15, 0.2) is 0 Å². The van der Waals surface area contributed by atoms with Gasteiger partial charge < -0.3 is 5.11 Å². The van der Waals surface area contributed by atoms with Crippen LogP contribution in [0.5, 0.6) is 0 Å². The molecule has 0 saturated heterocycles. The van der Waals surface area contributed by atoms with E-state index in [9.17, 15) is 5.11 Å². The van der Waals surface area contributed by atoms with Gasteiger partial charge in [-0.3, -0.25) is 0 Å². The molecule has 2 rings (SSSR count). The standard InChI is InChI=1S/C13H24O/c1-9-5-4-6-12(7-9)13(14)8-10(2)11(13)3/h9-12,14H,4-8H2,1-3H3. The topological polar surface area (TPSA) is 20.2 Å². The Morgan fingerprint density at radius 1 is 1.14 bits per heavy atom. The molecule has 82 valence electrons. The van der Waals surface area contributed by atoms with E-state index in [1.807, 2.05) is 0 Å². The molecule has 1 heteroatoms. The van der Waals surface area contributed by atoms with Crippen molar-refractivity contribution in [2.75, 3.05) is 0 Å². The van der Waals surface area contributed by atoms with Gasteiger partial charge in [0.05, 0.1) is 5.60 Å². The molecular weight excluding hydrogens is 172 g/mol. The Balaban J connectivity index is 2.00. The van der Waals surface area contributed by atoms with Crippen molar-refractivity contribution in [1.82, 2.24) is 0 Å². The van der Waals surface area contributed by atoms with E-state index in [0.717, 1.165) is 18.3 Å². The smallest absolute Gasteiger partial charge is 0.0706 e. The van der Waals surface area contributed by atoms with Crippen LogP contribution in [0.2, 0.25) is 0 Å². The molecule has 0 radical (unpaired) electrons. The van der Waals surface area contributed by atoms with Crippen molar-refractivity contribution >= 4 is 0 Å². The van der Waals surface area contributed by atoms with Crippen molar-refractivity contribution in [3.05, 3.63) is 0 Å². The quantitative estimate of drug-likeness (QED) is 0.682. The summed E-state index contributed by atoms with van der Waals surface area (Å²) < 4.78 is 0. The van der Waals surface area contributed by atoms with Crippen molar-refractivity contribution in [3.8, 4) is 0 Å². The van der Waals surface area contributed by atoms with Gasteiger partial charge in [-0.05, 0) is 42.9 Å². The van der Waals surface area contributed by atoms with E-state index in [-0.39, 0.29) is 5.60 Å². The van der Waals surface area contributed by atoms with Gasteiger partial charge in [0.2, 0.25) is 0 Å². The number of hydrogen-bond acceptors (Lipinski definition) is 1. The summed E-state index contributed by atoms with van der Waals surface area (Å²) in [6.07, 6.45) is 6.27. The van der Waals surface area contributed by atoms with E-state index < -0.39 is 0 Å². The van der Waals surface area contributed by atoms with Crippen molar-refractivity contribution in [3.63, 3.8) is 0 Å². The fraction of sp³-hybridized carbons (Fsp3) is 1.00. The number of hydrogen-bond donors (Lipinski definition) is 1. The summed E-state index contributed by atoms with van der Waals surface area (Å²) in [5.41, 5.74) is -0.298. The Labute approximate surface area is 87.9 Å². The van der Waals surface area contributed by atoms with E-state index in [4.69, 9.17) is 0 Å². The minimum Gasteiger partial charge on any atom is -0.389 e. The molecule has 0 aliphatic heterocycles. The van der Waals surface area contributed by atoms with Crippen LogP contribution in [0.4, 0.5) is 0 Å². The molecule has 0 aromatic carbocycles. The zero-order chi connectivity index (χ0) is 10.3. The Morgan fingerprint density at radius 2 is 1.86 bits per heavy atom. The zero-order valence-electron chi connectivity index (χ0n) is 9.79. The summed E-state index contributed by atoms with van der Waals surface area (Å²) in [7, 11) is 0. The van der Waals surface area contributed by atoms with Gasteiger partial charge >= 0.3 is 0 Å². The molecule has 1 N–H and O–H groups in total. The maximum Gasteiger partial charge on any atom is 0.0706 e. The molecule has 14 heavy (non-hydrogen) atoms. The normalized spacial score (nSPS) is 54.0. The van der Waals surface area contributed by atoms with Crippen LogP contribution in [0.1, 0.15) is 52.9 Å². The maximum atomic E-state index is 10.6. The van der Waals surface area contributed by atoms with Gasteiger partial charge in [-0.2, -0.15) is 0 Å². The molecule has 0 amide bonds. The monoisotopic (exact) mass is 196 g/mol. The molecule has 0 heterocycles. The average Bonchev–Trinajstić information content (AvgIpc) is 2.17. The lowest BCUT2D eigenvalue weighted by molar-refractivity contribution is -0.173. The van der Waals surface area contributed by atoms with Crippen LogP contribution < -0.4 is 0 Å². The Bertz CT molecular complexity index is 213. The maximum absolute atomic E-state index is 10.6. The molecule has 5 atom stereocenters. The predicted octanol–water partition coefficient (Wildman–Crippen LogP) is 3.22. The second kappa shape index (κ2) is 3.52. The average molecular weight is 196 g/mol. The van der Waals surface area contributed by atoms with E-state index in [2.05, 4.69) is 20.8 Å². The van der Waals surface area contributed by atoms with Gasteiger partial charge in [0, 0.05) is 0 Å². The lowest BCUT2D eigenvalue weighted by Crippen LogP contribution is -2.57. The highest BCUT2D eigenvalue weighted by Gasteiger charge is 2.52. The first kappa shape index (κ1) is 10.5. The van der Waals surface area contributed by atoms with Crippen molar-refractivity contribution < 1.29 is 5.11 Å². The molecule has 2 aliphatic carbocycles. The summed E-state index contributed by atoms with van der Waals surface area (Å²) in [4.78, 5) is 0. The van der Waals surface area contributed by atoms with Crippen LogP contribution in [0, 0.1) is 23.7 Å². The van der Waals surface area contributed by atoms with Crippen LogP contribution >= 0.6 is 0 Å². The molecule has 2 fully saturated rings. The van der Waals surface area contributed by atoms with Crippen LogP contribution in [-0.4, -0.2) is 10.7 Å². The minimum absolute atomic E-state index is 0.298. The fourth-order valence-corrected chi connectivity index (χ4v) is 3.64. The van der Waals surface area contributed by atoms with Gasteiger partial charge in [0.15, 0.2) is 0 Å². The summed E-state index contributed by atoms with van der Waals surface area (Å²) >= 11 is 0. The first-order valence-electron chi connectivity index (χ1n) is 6.26. The first-order chi connectivity index (χ1) is 6.54. The molecule has 2 aliphatic rings. The third-order valence-electron chi connectivity index (χ3n) is 4.93. The molecule has 0 spiro atoms. The number of aliphatic hydroxyl groups is 1. The molecular formula is C13H24O. The SMILES string of the molecule is CC1CCCC(C2(O)CC(C)C2C)C1. The molecule has 5 unspecified atom stereocenters. The molecule has 2 saturated carbocycles. The van der Waals surface area contributed by atoms with E-state index in [0.29, 0.717) is 11.8 Å². The predicted molar refractivity (Wildman–Crippen MR) is 59.0 cm³/mol. The summed E-state index contributed by atoms with van der Waals surface area (Å²) in [6.45, 7) is 6.83. The highest BCUT2D eigenvalue weighted by Crippen LogP contribution is 2.52. The van der Waals surface area contributed by atoms with Crippen molar-refractivity contribution in [2.24, 2.45) is 23.7 Å². The van der Waals surface area contributed by atoms with Crippen LogP contribution in [0.3, 0.4) is 0 Å². The van der Waals surface area contributed by atoms with E-state index in [1.54, 1.807) is 0 Å². The molecule has 0 aromatic rings. The van der Waals surface area contributed by atoms with Gasteiger partial charge in [-0.15, -0.1) is 0 Å². The Hall–Kier alpha value is -0.0400. The second-order valence-electron chi connectivity index (χ2n) is 5.93. The molecule has 1 nitrogen and oxygen atoms in total. The molecule has 0 bridgehead atoms. The minimum atomic E-state index is -0.298. The summed E-state index contributed by atoms with van der Waals surface area (Å²) in [6, 6.07) is 0.